The highest BCUT2D eigenvalue weighted by molar-refractivity contribution is 5.84. The fourth-order valence-electron chi connectivity index (χ4n) is 9.62. The van der Waals surface area contributed by atoms with Crippen LogP contribution < -0.4 is 14.2 Å². The van der Waals surface area contributed by atoms with E-state index in [0.29, 0.717) is 43.4 Å². The van der Waals surface area contributed by atoms with E-state index in [-0.39, 0.29) is 17.7 Å². The zero-order chi connectivity index (χ0) is 59.1. The number of carbonyl (C=O) groups is 3. The summed E-state index contributed by atoms with van der Waals surface area (Å²) in [6.07, 6.45) is 11.6. The molecule has 3 heterocycles. The van der Waals surface area contributed by atoms with Gasteiger partial charge in [-0.2, -0.15) is 0 Å². The number of hydrogen-bond acceptors (Lipinski definition) is 6. The smallest absolute Gasteiger partial charge is 0.268 e. The third-order valence-corrected chi connectivity index (χ3v) is 14.2. The molecule has 83 heavy (non-hydrogen) atoms. The number of carbonyl (C=O) groups excluding carboxylic acids is 3. The molecule has 0 N–H and O–H groups in total. The van der Waals surface area contributed by atoms with E-state index in [9.17, 15) is 14.4 Å². The Hall–Kier alpha value is -9.03. The Kier molecular flexibility index (Phi) is 23.2. The van der Waals surface area contributed by atoms with E-state index in [1.165, 1.54) is 0 Å². The van der Waals surface area contributed by atoms with E-state index in [0.717, 1.165) is 76.4 Å². The van der Waals surface area contributed by atoms with Crippen LogP contribution in [0.3, 0.4) is 0 Å². The first kappa shape index (κ1) is 61.6. The number of likely N-dealkylation sites (N-methyl/N-ethyl adjacent to an activating group) is 2. The summed E-state index contributed by atoms with van der Waals surface area (Å²) in [5.74, 6) is 2.02. The van der Waals surface area contributed by atoms with Crippen molar-refractivity contribution in [2.24, 2.45) is 0 Å². The van der Waals surface area contributed by atoms with Gasteiger partial charge in [0.15, 0.2) is 0 Å². The summed E-state index contributed by atoms with van der Waals surface area (Å²) in [6, 6.07) is 59.2. The Morgan fingerprint density at radius 2 is 0.578 bits per heavy atom. The van der Waals surface area contributed by atoms with Gasteiger partial charge in [-0.25, -0.2) is 0 Å². The van der Waals surface area contributed by atoms with Crippen LogP contribution in [0.15, 0.2) is 219 Å². The van der Waals surface area contributed by atoms with Gasteiger partial charge in [0.05, 0.1) is 17.1 Å². The van der Waals surface area contributed by atoms with Crippen molar-refractivity contribution in [3.63, 3.8) is 0 Å². The highest BCUT2D eigenvalue weighted by atomic mass is 16.5. The number of amides is 3. The van der Waals surface area contributed by atoms with Gasteiger partial charge in [-0.1, -0.05) is 140 Å². The molecule has 12 nitrogen and oxygen atoms in total. The number of hydrogen-bond donors (Lipinski definition) is 0. The maximum atomic E-state index is 13.5. The van der Waals surface area contributed by atoms with Gasteiger partial charge in [0.2, 0.25) is 18.3 Å². The van der Waals surface area contributed by atoms with Crippen molar-refractivity contribution in [3.05, 3.63) is 253 Å². The minimum absolute atomic E-state index is 0.0138. The number of aromatic nitrogens is 3. The van der Waals surface area contributed by atoms with Crippen molar-refractivity contribution in [3.8, 4) is 34.3 Å². The summed E-state index contributed by atoms with van der Waals surface area (Å²) in [5.41, 5.74) is 8.80. The molecular weight excluding hydrogens is 1030 g/mol. The molecular formula is C71H82N6O6. The quantitative estimate of drug-likeness (QED) is 0.0632. The van der Waals surface area contributed by atoms with Gasteiger partial charge >= 0.3 is 0 Å². The van der Waals surface area contributed by atoms with E-state index < -0.39 is 18.3 Å². The molecule has 9 rings (SSSR count). The first-order valence-electron chi connectivity index (χ1n) is 29.1. The second kappa shape index (κ2) is 31.3. The van der Waals surface area contributed by atoms with Crippen molar-refractivity contribution < 1.29 is 28.6 Å². The lowest BCUT2D eigenvalue weighted by molar-refractivity contribution is -0.139. The van der Waals surface area contributed by atoms with Crippen LogP contribution in [0.5, 0.6) is 17.2 Å². The van der Waals surface area contributed by atoms with E-state index in [1.807, 2.05) is 296 Å². The Morgan fingerprint density at radius 3 is 0.819 bits per heavy atom. The van der Waals surface area contributed by atoms with Gasteiger partial charge in [0.1, 0.15) is 17.2 Å². The summed E-state index contributed by atoms with van der Waals surface area (Å²) in [4.78, 5) is 45.4. The summed E-state index contributed by atoms with van der Waals surface area (Å²) in [6.45, 7) is 22.3. The van der Waals surface area contributed by atoms with Gasteiger partial charge in [-0.3, -0.25) is 14.4 Å². The van der Waals surface area contributed by atoms with E-state index in [4.69, 9.17) is 14.2 Å². The fourth-order valence-corrected chi connectivity index (χ4v) is 9.62. The average Bonchev–Trinajstić information content (AvgIpc) is 4.37. The predicted octanol–water partition coefficient (Wildman–Crippen LogP) is 15.1. The topological polar surface area (TPSA) is 103 Å². The molecule has 0 aliphatic rings. The molecule has 6 aromatic carbocycles. The van der Waals surface area contributed by atoms with Crippen LogP contribution in [0.4, 0.5) is 0 Å². The second-order valence-electron chi connectivity index (χ2n) is 20.2. The van der Waals surface area contributed by atoms with Crippen LogP contribution in [0.2, 0.25) is 0 Å². The summed E-state index contributed by atoms with van der Waals surface area (Å²) >= 11 is 0. The molecule has 0 fully saturated rings. The van der Waals surface area contributed by atoms with E-state index >= 15 is 0 Å². The normalized spacial score (nSPS) is 11.8. The summed E-state index contributed by atoms with van der Waals surface area (Å²) in [5, 5.41) is 0. The Labute approximate surface area is 492 Å². The van der Waals surface area contributed by atoms with E-state index in [2.05, 4.69) is 13.8 Å². The molecule has 432 valence electrons. The minimum atomic E-state index is -0.679. The Bertz CT molecular complexity index is 3190. The summed E-state index contributed by atoms with van der Waals surface area (Å²) in [7, 11) is 0. The number of benzene rings is 6. The van der Waals surface area contributed by atoms with Crippen molar-refractivity contribution in [2.45, 2.75) is 93.5 Å². The van der Waals surface area contributed by atoms with Gasteiger partial charge in [0, 0.05) is 93.1 Å². The predicted molar refractivity (Wildman–Crippen MR) is 334 cm³/mol. The van der Waals surface area contributed by atoms with Crippen molar-refractivity contribution in [2.75, 3.05) is 39.3 Å². The molecule has 0 bridgehead atoms. The zero-order valence-electron chi connectivity index (χ0n) is 49.8. The number of ether oxygens (including phenoxy) is 3. The van der Waals surface area contributed by atoms with Crippen molar-refractivity contribution in [1.29, 1.82) is 0 Å². The van der Waals surface area contributed by atoms with Crippen molar-refractivity contribution >= 4 is 17.7 Å². The van der Waals surface area contributed by atoms with Crippen LogP contribution in [-0.4, -0.2) is 85.4 Å². The third kappa shape index (κ3) is 16.6. The van der Waals surface area contributed by atoms with Gasteiger partial charge in [-0.05, 0) is 134 Å². The molecule has 9 aromatic rings. The molecule has 0 aliphatic heterocycles. The highest BCUT2D eigenvalue weighted by Gasteiger charge is 2.31. The lowest BCUT2D eigenvalue weighted by Gasteiger charge is -2.28. The summed E-state index contributed by atoms with van der Waals surface area (Å²) < 4.78 is 25.1. The van der Waals surface area contributed by atoms with Crippen LogP contribution in [0, 0.1) is 20.8 Å². The molecule has 3 atom stereocenters. The van der Waals surface area contributed by atoms with Crippen LogP contribution in [0.1, 0.15) is 106 Å². The SMILES string of the molecule is CCCN(CCC)C(=O)C(Oc1ccccc1-n1cccc1)c1ccc(C)cc1.CCN(CC)C(=O)C(Oc1ccccc1-n1cccc1)c1ccc(C)cc1.CCN(CC)C(=O)C(Oc1ccccc1-n1cccc1)c1ccc(C)cc1. The maximum absolute atomic E-state index is 13.5. The fraction of sp³-hybridized carbons (Fsp3) is 0.282. The molecule has 3 aromatic heterocycles. The molecule has 3 amide bonds. The second-order valence-corrected chi connectivity index (χ2v) is 20.2. The monoisotopic (exact) mass is 1110 g/mol. The first-order chi connectivity index (χ1) is 40.4. The number of rotatable bonds is 23. The zero-order valence-corrected chi connectivity index (χ0v) is 49.8. The molecule has 0 radical (unpaired) electrons. The number of aryl methyl sites for hydroxylation is 3. The van der Waals surface area contributed by atoms with Crippen molar-refractivity contribution in [1.82, 2.24) is 28.4 Å². The van der Waals surface area contributed by atoms with Gasteiger partial charge in [0.25, 0.3) is 17.7 Å². The molecule has 3 unspecified atom stereocenters. The number of para-hydroxylation sites is 6. The molecule has 12 heteroatoms. The number of nitrogens with zero attached hydrogens (tertiary/aromatic N) is 6. The largest absolute Gasteiger partial charge is 0.474 e. The molecule has 0 spiro atoms. The van der Waals surface area contributed by atoms with Gasteiger partial charge < -0.3 is 42.6 Å². The van der Waals surface area contributed by atoms with E-state index in [1.54, 1.807) is 0 Å². The minimum Gasteiger partial charge on any atom is -0.474 e. The molecule has 0 aliphatic carbocycles. The average molecular weight is 1120 g/mol. The van der Waals surface area contributed by atoms with Crippen LogP contribution >= 0.6 is 0 Å². The first-order valence-corrected chi connectivity index (χ1v) is 29.1. The standard InChI is InChI=1S/C25H30N2O2.2C23H26N2O2/c1-4-16-27(17-5-2)25(28)24(21-14-12-20(3)13-15-21)29-23-11-7-6-10-22(23)26-18-8-9-19-26;2*1-4-24(5-2)23(26)22(19-14-12-18(3)13-15-19)27-21-11-7-6-10-20(21)25-16-8-9-17-25/h6-15,18-19,24H,4-5,16-17H2,1-3H3;2*6-17,22H,4-5H2,1-3H3. The van der Waals surface area contributed by atoms with Crippen LogP contribution in [-0.2, 0) is 14.4 Å². The lowest BCUT2D eigenvalue weighted by Crippen LogP contribution is -2.38. The van der Waals surface area contributed by atoms with Crippen LogP contribution in [0.25, 0.3) is 17.1 Å². The third-order valence-electron chi connectivity index (χ3n) is 14.2. The molecule has 0 saturated carbocycles. The Morgan fingerprint density at radius 1 is 0.337 bits per heavy atom. The maximum Gasteiger partial charge on any atom is 0.268 e. The van der Waals surface area contributed by atoms with Gasteiger partial charge in [-0.15, -0.1) is 0 Å². The molecule has 0 saturated heterocycles. The highest BCUT2D eigenvalue weighted by Crippen LogP contribution is 2.33. The Balaban J connectivity index is 0.000000179. The lowest BCUT2D eigenvalue weighted by atomic mass is 10.1.